The van der Waals surface area contributed by atoms with Crippen molar-refractivity contribution in [3.8, 4) is 5.75 Å². The molecule has 2 aromatic carbocycles. The molecule has 0 saturated heterocycles. The van der Waals surface area contributed by atoms with Crippen LogP contribution in [0, 0.1) is 12.7 Å². The largest absolute Gasteiger partial charge is 0.494 e. The fraction of sp³-hybridized carbons (Fsp3) is 0.263. The first kappa shape index (κ1) is 18.4. The predicted octanol–water partition coefficient (Wildman–Crippen LogP) is 2.66. The van der Waals surface area contributed by atoms with Crippen LogP contribution in [0.4, 0.5) is 4.39 Å². The van der Waals surface area contributed by atoms with Crippen LogP contribution in [0.25, 0.3) is 0 Å². The van der Waals surface area contributed by atoms with Crippen molar-refractivity contribution in [2.75, 3.05) is 20.3 Å². The Balaban J connectivity index is 1.77. The summed E-state index contributed by atoms with van der Waals surface area (Å²) in [5.41, 5.74) is 2.32. The first-order chi connectivity index (χ1) is 12.0. The van der Waals surface area contributed by atoms with Crippen LogP contribution in [0.5, 0.6) is 5.75 Å². The number of nitrogens with one attached hydrogen (secondary N) is 1. The molecule has 0 fully saturated rings. The first-order valence-corrected chi connectivity index (χ1v) is 7.83. The fourth-order valence-corrected chi connectivity index (χ4v) is 2.29. The maximum absolute atomic E-state index is 13.6. The lowest BCUT2D eigenvalue weighted by Gasteiger charge is -2.09. The third-order valence-electron chi connectivity index (χ3n) is 3.70. The van der Waals surface area contributed by atoms with E-state index >= 15 is 0 Å². The zero-order valence-corrected chi connectivity index (χ0v) is 14.2. The molecular formula is C19H20FNO4. The fourth-order valence-electron chi connectivity index (χ4n) is 2.29. The van der Waals surface area contributed by atoms with E-state index in [4.69, 9.17) is 9.47 Å². The van der Waals surface area contributed by atoms with E-state index in [0.29, 0.717) is 13.0 Å². The minimum Gasteiger partial charge on any atom is -0.494 e. The summed E-state index contributed by atoms with van der Waals surface area (Å²) in [7, 11) is 1.33. The van der Waals surface area contributed by atoms with Crippen molar-refractivity contribution in [1.29, 1.82) is 0 Å². The number of methoxy groups -OCH3 is 1. The van der Waals surface area contributed by atoms with Crippen molar-refractivity contribution in [2.24, 2.45) is 0 Å². The standard InChI is InChI=1S/C19H20FNO4/c1-13-5-3-4-6-14(13)9-10-21-18(22)12-25-19(23)15-7-8-17(24-2)16(20)11-15/h3-8,11H,9-10,12H2,1-2H3,(H,21,22). The number of amides is 1. The van der Waals surface area contributed by atoms with Gasteiger partial charge < -0.3 is 14.8 Å². The third-order valence-corrected chi connectivity index (χ3v) is 3.70. The van der Waals surface area contributed by atoms with Crippen molar-refractivity contribution >= 4 is 11.9 Å². The summed E-state index contributed by atoms with van der Waals surface area (Å²) < 4.78 is 23.2. The lowest BCUT2D eigenvalue weighted by Crippen LogP contribution is -2.30. The lowest BCUT2D eigenvalue weighted by molar-refractivity contribution is -0.124. The van der Waals surface area contributed by atoms with E-state index in [-0.39, 0.29) is 11.3 Å². The average Bonchev–Trinajstić information content (AvgIpc) is 2.61. The minimum atomic E-state index is -0.768. The summed E-state index contributed by atoms with van der Waals surface area (Å²) in [6.07, 6.45) is 0.691. The number of hydrogen-bond acceptors (Lipinski definition) is 4. The molecular weight excluding hydrogens is 325 g/mol. The van der Waals surface area contributed by atoms with E-state index in [1.54, 1.807) is 0 Å². The van der Waals surface area contributed by atoms with Crippen LogP contribution >= 0.6 is 0 Å². The normalized spacial score (nSPS) is 10.2. The second-order valence-corrected chi connectivity index (χ2v) is 5.45. The molecule has 0 aliphatic heterocycles. The highest BCUT2D eigenvalue weighted by atomic mass is 19.1. The Morgan fingerprint density at radius 2 is 1.92 bits per heavy atom. The van der Waals surface area contributed by atoms with Gasteiger partial charge in [-0.15, -0.1) is 0 Å². The van der Waals surface area contributed by atoms with Crippen LogP contribution in [-0.4, -0.2) is 32.1 Å². The number of carbonyl (C=O) groups is 2. The molecule has 0 bridgehead atoms. The van der Waals surface area contributed by atoms with Crippen LogP contribution in [0.2, 0.25) is 0 Å². The number of esters is 1. The number of carbonyl (C=O) groups excluding carboxylic acids is 2. The topological polar surface area (TPSA) is 64.6 Å². The monoisotopic (exact) mass is 345 g/mol. The predicted molar refractivity (Wildman–Crippen MR) is 91.1 cm³/mol. The van der Waals surface area contributed by atoms with Gasteiger partial charge in [-0.2, -0.15) is 0 Å². The van der Waals surface area contributed by atoms with Crippen molar-refractivity contribution in [1.82, 2.24) is 5.32 Å². The quantitative estimate of drug-likeness (QED) is 0.784. The highest BCUT2D eigenvalue weighted by molar-refractivity contribution is 5.91. The average molecular weight is 345 g/mol. The minimum absolute atomic E-state index is 0.0195. The van der Waals surface area contributed by atoms with Gasteiger partial charge in [0.2, 0.25) is 0 Å². The van der Waals surface area contributed by atoms with Crippen LogP contribution in [-0.2, 0) is 16.0 Å². The van der Waals surface area contributed by atoms with E-state index in [1.165, 1.54) is 19.2 Å². The zero-order chi connectivity index (χ0) is 18.2. The highest BCUT2D eigenvalue weighted by Crippen LogP contribution is 2.18. The number of rotatable bonds is 7. The molecule has 5 nitrogen and oxygen atoms in total. The molecule has 0 unspecified atom stereocenters. The molecule has 25 heavy (non-hydrogen) atoms. The molecule has 0 aliphatic carbocycles. The third kappa shape index (κ3) is 5.31. The molecule has 1 N–H and O–H groups in total. The van der Waals surface area contributed by atoms with Crippen molar-refractivity contribution in [2.45, 2.75) is 13.3 Å². The summed E-state index contributed by atoms with van der Waals surface area (Å²) in [6.45, 7) is 2.03. The Kier molecular flexibility index (Phi) is 6.51. The molecule has 0 radical (unpaired) electrons. The molecule has 6 heteroatoms. The molecule has 2 aromatic rings. The first-order valence-electron chi connectivity index (χ1n) is 7.83. The summed E-state index contributed by atoms with van der Waals surface area (Å²) in [5.74, 6) is -1.81. The number of benzene rings is 2. The summed E-state index contributed by atoms with van der Waals surface area (Å²) >= 11 is 0. The number of aryl methyl sites for hydroxylation is 1. The molecule has 0 spiro atoms. The van der Waals surface area contributed by atoms with Crippen LogP contribution < -0.4 is 10.1 Å². The van der Waals surface area contributed by atoms with E-state index in [0.717, 1.165) is 17.2 Å². The Bertz CT molecular complexity index is 761. The molecule has 1 amide bonds. The van der Waals surface area contributed by atoms with Gasteiger partial charge in [0.05, 0.1) is 12.7 Å². The molecule has 0 saturated carbocycles. The van der Waals surface area contributed by atoms with Crippen molar-refractivity contribution < 1.29 is 23.5 Å². The second-order valence-electron chi connectivity index (χ2n) is 5.45. The number of hydrogen-bond donors (Lipinski definition) is 1. The van der Waals surface area contributed by atoms with Gasteiger partial charge in [-0.1, -0.05) is 24.3 Å². The van der Waals surface area contributed by atoms with Gasteiger partial charge in [0.25, 0.3) is 5.91 Å². The van der Waals surface area contributed by atoms with Gasteiger partial charge in [-0.05, 0) is 42.7 Å². The molecule has 0 heterocycles. The van der Waals surface area contributed by atoms with Crippen molar-refractivity contribution in [3.63, 3.8) is 0 Å². The van der Waals surface area contributed by atoms with Gasteiger partial charge in [-0.3, -0.25) is 4.79 Å². The Morgan fingerprint density at radius 1 is 1.16 bits per heavy atom. The summed E-state index contributed by atoms with van der Waals surface area (Å²) in [5, 5.41) is 2.68. The Labute approximate surface area is 145 Å². The number of halogens is 1. The molecule has 2 rings (SSSR count). The molecule has 0 aliphatic rings. The van der Waals surface area contributed by atoms with Gasteiger partial charge in [0.1, 0.15) is 0 Å². The Morgan fingerprint density at radius 3 is 2.60 bits per heavy atom. The van der Waals surface area contributed by atoms with Crippen LogP contribution in [0.1, 0.15) is 21.5 Å². The van der Waals surface area contributed by atoms with Gasteiger partial charge >= 0.3 is 5.97 Å². The number of ether oxygens (including phenoxy) is 2. The molecule has 0 aromatic heterocycles. The van der Waals surface area contributed by atoms with Gasteiger partial charge in [0, 0.05) is 6.54 Å². The van der Waals surface area contributed by atoms with Crippen LogP contribution in [0.15, 0.2) is 42.5 Å². The lowest BCUT2D eigenvalue weighted by atomic mass is 10.1. The van der Waals surface area contributed by atoms with E-state index in [9.17, 15) is 14.0 Å². The maximum atomic E-state index is 13.6. The van der Waals surface area contributed by atoms with E-state index in [2.05, 4.69) is 5.32 Å². The van der Waals surface area contributed by atoms with E-state index < -0.39 is 24.3 Å². The SMILES string of the molecule is COc1ccc(C(=O)OCC(=O)NCCc2ccccc2C)cc1F. The maximum Gasteiger partial charge on any atom is 0.338 e. The Hall–Kier alpha value is -2.89. The summed E-state index contributed by atoms with van der Waals surface area (Å²) in [4.78, 5) is 23.6. The highest BCUT2D eigenvalue weighted by Gasteiger charge is 2.13. The van der Waals surface area contributed by atoms with E-state index in [1.807, 2.05) is 31.2 Å². The van der Waals surface area contributed by atoms with Crippen LogP contribution in [0.3, 0.4) is 0 Å². The second kappa shape index (κ2) is 8.82. The summed E-state index contributed by atoms with van der Waals surface area (Å²) in [6, 6.07) is 11.6. The molecule has 132 valence electrons. The van der Waals surface area contributed by atoms with Gasteiger partial charge in [0.15, 0.2) is 18.2 Å². The molecule has 0 atom stereocenters. The van der Waals surface area contributed by atoms with Gasteiger partial charge in [-0.25, -0.2) is 9.18 Å². The zero-order valence-electron chi connectivity index (χ0n) is 14.2. The van der Waals surface area contributed by atoms with Crippen molar-refractivity contribution in [3.05, 3.63) is 65.0 Å². The smallest absolute Gasteiger partial charge is 0.338 e.